The van der Waals surface area contributed by atoms with Crippen LogP contribution in [0.15, 0.2) is 4.99 Å². The van der Waals surface area contributed by atoms with Gasteiger partial charge in [0.2, 0.25) is 0 Å². The van der Waals surface area contributed by atoms with Crippen LogP contribution in [0.3, 0.4) is 0 Å². The highest BCUT2D eigenvalue weighted by molar-refractivity contribution is 14.0. The Kier molecular flexibility index (Phi) is 14.8. The summed E-state index contributed by atoms with van der Waals surface area (Å²) in [6.07, 6.45) is 5.56. The Morgan fingerprint density at radius 3 is 2.46 bits per heavy atom. The Hall–Kier alpha value is -0.120. The summed E-state index contributed by atoms with van der Waals surface area (Å²) in [4.78, 5) is 4.79. The van der Waals surface area contributed by atoms with Crippen molar-refractivity contribution < 1.29 is 14.6 Å². The number of ether oxygens (including phenoxy) is 2. The Morgan fingerprint density at radius 1 is 1.19 bits per heavy atom. The van der Waals surface area contributed by atoms with Crippen molar-refractivity contribution in [2.45, 2.75) is 59.0 Å². The quantitative estimate of drug-likeness (QED) is 0.225. The van der Waals surface area contributed by atoms with Crippen LogP contribution in [0.2, 0.25) is 0 Å². The van der Waals surface area contributed by atoms with E-state index < -0.39 is 6.10 Å². The molecule has 1 rings (SSSR count). The molecule has 7 heteroatoms. The summed E-state index contributed by atoms with van der Waals surface area (Å²) in [5.41, 5.74) is 0.275. The average Bonchev–Trinajstić information content (AvgIpc) is 3.04. The van der Waals surface area contributed by atoms with E-state index >= 15 is 0 Å². The van der Waals surface area contributed by atoms with Crippen LogP contribution in [0.5, 0.6) is 0 Å². The number of aliphatic hydroxyl groups excluding tert-OH is 1. The van der Waals surface area contributed by atoms with Gasteiger partial charge in [-0.15, -0.1) is 24.0 Å². The van der Waals surface area contributed by atoms with E-state index in [0.717, 1.165) is 32.1 Å². The zero-order valence-corrected chi connectivity index (χ0v) is 19.4. The van der Waals surface area contributed by atoms with E-state index in [1.165, 1.54) is 25.7 Å². The van der Waals surface area contributed by atoms with Crippen LogP contribution in [-0.2, 0) is 9.47 Å². The van der Waals surface area contributed by atoms with E-state index in [0.29, 0.717) is 25.7 Å². The van der Waals surface area contributed by atoms with Gasteiger partial charge in [-0.05, 0) is 37.5 Å². The lowest BCUT2D eigenvalue weighted by Gasteiger charge is -2.27. The summed E-state index contributed by atoms with van der Waals surface area (Å²) in [6, 6.07) is 0. The van der Waals surface area contributed by atoms with Crippen molar-refractivity contribution in [3.05, 3.63) is 0 Å². The van der Waals surface area contributed by atoms with Crippen molar-refractivity contribution in [2.75, 3.05) is 46.6 Å². The molecule has 1 fully saturated rings. The summed E-state index contributed by atoms with van der Waals surface area (Å²) in [5, 5.41) is 16.5. The van der Waals surface area contributed by atoms with Crippen LogP contribution >= 0.6 is 24.0 Å². The van der Waals surface area contributed by atoms with Crippen molar-refractivity contribution in [2.24, 2.45) is 16.3 Å². The molecule has 156 valence electrons. The molecule has 0 aromatic heterocycles. The molecule has 0 aromatic carbocycles. The number of halogens is 1. The molecule has 0 amide bonds. The predicted octanol–water partition coefficient (Wildman–Crippen LogP) is 2.79. The zero-order chi connectivity index (χ0) is 18.5. The second-order valence-electron chi connectivity index (χ2n) is 7.61. The summed E-state index contributed by atoms with van der Waals surface area (Å²) in [5.74, 6) is 1.25. The molecule has 1 aliphatic carbocycles. The van der Waals surface area contributed by atoms with Gasteiger partial charge in [0.05, 0.1) is 12.7 Å². The summed E-state index contributed by atoms with van der Waals surface area (Å²) < 4.78 is 10.8. The Morgan fingerprint density at radius 2 is 1.88 bits per heavy atom. The van der Waals surface area contributed by atoms with Gasteiger partial charge in [0.15, 0.2) is 5.96 Å². The third-order valence-corrected chi connectivity index (χ3v) is 4.68. The highest BCUT2D eigenvalue weighted by Gasteiger charge is 2.33. The van der Waals surface area contributed by atoms with Crippen molar-refractivity contribution in [3.8, 4) is 0 Å². The molecule has 0 spiro atoms. The van der Waals surface area contributed by atoms with Gasteiger partial charge in [-0.25, -0.2) is 0 Å². The monoisotopic (exact) mass is 485 g/mol. The second-order valence-corrected chi connectivity index (χ2v) is 7.61. The van der Waals surface area contributed by atoms with Gasteiger partial charge in [-0.2, -0.15) is 0 Å². The molecule has 1 unspecified atom stereocenters. The maximum Gasteiger partial charge on any atom is 0.191 e. The van der Waals surface area contributed by atoms with Crippen LogP contribution in [0, 0.1) is 11.3 Å². The predicted molar refractivity (Wildman–Crippen MR) is 118 cm³/mol. The highest BCUT2D eigenvalue weighted by atomic mass is 127. The molecule has 0 aromatic rings. The fourth-order valence-corrected chi connectivity index (χ4v) is 3.23. The molecule has 0 heterocycles. The van der Waals surface area contributed by atoms with Crippen LogP contribution < -0.4 is 10.6 Å². The number of hydrogen-bond donors (Lipinski definition) is 3. The number of nitrogens with one attached hydrogen (secondary N) is 2. The molecule has 0 radical (unpaired) electrons. The lowest BCUT2D eigenvalue weighted by molar-refractivity contribution is 0.0280. The van der Waals surface area contributed by atoms with E-state index in [1.54, 1.807) is 7.11 Å². The number of guanidine groups is 1. The first-order chi connectivity index (χ1) is 12.0. The third kappa shape index (κ3) is 10.9. The Bertz CT molecular complexity index is 375. The molecule has 3 N–H and O–H groups in total. The highest BCUT2D eigenvalue weighted by Crippen LogP contribution is 2.41. The molecule has 0 saturated heterocycles. The van der Waals surface area contributed by atoms with E-state index in [2.05, 4.69) is 31.4 Å². The third-order valence-electron chi connectivity index (χ3n) is 4.68. The van der Waals surface area contributed by atoms with E-state index in [1.807, 2.05) is 0 Å². The normalized spacial score (nSPS) is 17.8. The first-order valence-electron chi connectivity index (χ1n) is 9.78. The van der Waals surface area contributed by atoms with Crippen molar-refractivity contribution >= 4 is 29.9 Å². The van der Waals surface area contributed by atoms with Gasteiger partial charge in [0.1, 0.15) is 0 Å². The molecule has 1 saturated carbocycles. The fraction of sp³-hybridized carbons (Fsp3) is 0.947. The van der Waals surface area contributed by atoms with E-state index in [9.17, 15) is 5.11 Å². The smallest absolute Gasteiger partial charge is 0.191 e. The fourth-order valence-electron chi connectivity index (χ4n) is 3.23. The van der Waals surface area contributed by atoms with Crippen LogP contribution in [0.4, 0.5) is 0 Å². The maximum absolute atomic E-state index is 10.0. The topological polar surface area (TPSA) is 75.1 Å². The SMILES string of the molecule is CCNC(=NCC1(CCOC)CCCC1)NCC(O)COCC(C)C.I. The molecule has 0 bridgehead atoms. The average molecular weight is 485 g/mol. The first-order valence-corrected chi connectivity index (χ1v) is 9.78. The maximum atomic E-state index is 10.0. The molecular weight excluding hydrogens is 445 g/mol. The molecule has 0 aliphatic heterocycles. The molecule has 1 aliphatic rings. The van der Waals surface area contributed by atoms with Gasteiger partial charge in [-0.1, -0.05) is 26.7 Å². The van der Waals surface area contributed by atoms with Gasteiger partial charge in [0.25, 0.3) is 0 Å². The molecule has 6 nitrogen and oxygen atoms in total. The Labute approximate surface area is 176 Å². The lowest BCUT2D eigenvalue weighted by atomic mass is 9.83. The Balaban J connectivity index is 0.00000625. The van der Waals surface area contributed by atoms with Gasteiger partial charge in [-0.3, -0.25) is 4.99 Å². The molecule has 26 heavy (non-hydrogen) atoms. The van der Waals surface area contributed by atoms with Crippen LogP contribution in [-0.4, -0.2) is 63.7 Å². The molecule has 1 atom stereocenters. The van der Waals surface area contributed by atoms with Gasteiger partial charge in [0, 0.05) is 40.0 Å². The van der Waals surface area contributed by atoms with Crippen LogP contribution in [0.25, 0.3) is 0 Å². The minimum absolute atomic E-state index is 0. The van der Waals surface area contributed by atoms with Crippen LogP contribution in [0.1, 0.15) is 52.9 Å². The number of aliphatic imine (C=N–C) groups is 1. The van der Waals surface area contributed by atoms with E-state index in [4.69, 9.17) is 14.5 Å². The largest absolute Gasteiger partial charge is 0.389 e. The van der Waals surface area contributed by atoms with Crippen molar-refractivity contribution in [3.63, 3.8) is 0 Å². The first kappa shape index (κ1) is 25.9. The van der Waals surface area contributed by atoms with Gasteiger partial charge >= 0.3 is 0 Å². The minimum atomic E-state index is -0.531. The summed E-state index contributed by atoms with van der Waals surface area (Å²) in [7, 11) is 1.76. The number of aliphatic hydroxyl groups is 1. The zero-order valence-electron chi connectivity index (χ0n) is 17.1. The standard InChI is InChI=1S/C19H39N3O3.HI/c1-5-20-18(21-12-17(23)14-25-13-16(2)3)22-15-19(10-11-24-4)8-6-7-9-19;/h16-17,23H,5-15H2,1-4H3,(H2,20,21,22);1H. The second kappa shape index (κ2) is 14.9. The van der Waals surface area contributed by atoms with Gasteiger partial charge < -0.3 is 25.2 Å². The lowest BCUT2D eigenvalue weighted by Crippen LogP contribution is -2.43. The number of hydrogen-bond acceptors (Lipinski definition) is 4. The van der Waals surface area contributed by atoms with Crippen molar-refractivity contribution in [1.29, 1.82) is 0 Å². The number of rotatable bonds is 12. The number of nitrogens with zero attached hydrogens (tertiary/aromatic N) is 1. The minimum Gasteiger partial charge on any atom is -0.389 e. The summed E-state index contributed by atoms with van der Waals surface area (Å²) in [6.45, 7) is 10.1. The number of methoxy groups -OCH3 is 1. The summed E-state index contributed by atoms with van der Waals surface area (Å²) >= 11 is 0. The van der Waals surface area contributed by atoms with E-state index in [-0.39, 0.29) is 29.4 Å². The van der Waals surface area contributed by atoms with Crippen molar-refractivity contribution in [1.82, 2.24) is 10.6 Å². The molecular formula is C19H40IN3O3.